The van der Waals surface area contributed by atoms with E-state index in [-0.39, 0.29) is 13.0 Å². The highest BCUT2D eigenvalue weighted by atomic mass is 35.5. The van der Waals surface area contributed by atoms with Crippen LogP contribution in [-0.2, 0) is 9.59 Å². The van der Waals surface area contributed by atoms with E-state index in [0.29, 0.717) is 16.3 Å². The molecule has 0 radical (unpaired) electrons. The first-order chi connectivity index (χ1) is 11.5. The SMILES string of the molecule is Cc1ccc(NC(=O)CC(=O)NC[C@H](O)c2ccccc2Cl)cc1. The molecule has 0 heterocycles. The Morgan fingerprint density at radius 2 is 1.75 bits per heavy atom. The molecule has 0 saturated carbocycles. The average Bonchev–Trinajstić information content (AvgIpc) is 2.55. The van der Waals surface area contributed by atoms with E-state index in [0.717, 1.165) is 5.56 Å². The van der Waals surface area contributed by atoms with Crippen molar-refractivity contribution in [2.24, 2.45) is 0 Å². The molecule has 5 nitrogen and oxygen atoms in total. The summed E-state index contributed by atoms with van der Waals surface area (Å²) < 4.78 is 0. The fourth-order valence-corrected chi connectivity index (χ4v) is 2.38. The highest BCUT2D eigenvalue weighted by Gasteiger charge is 2.14. The molecule has 0 aromatic heterocycles. The third kappa shape index (κ3) is 5.37. The standard InChI is InChI=1S/C18H19ClN2O3/c1-12-6-8-13(9-7-12)21-18(24)10-17(23)20-11-16(22)14-4-2-3-5-15(14)19/h2-9,16,22H,10-11H2,1H3,(H,20,23)(H,21,24)/t16-/m0/s1. The van der Waals surface area contributed by atoms with E-state index in [1.807, 2.05) is 19.1 Å². The number of aryl methyl sites for hydroxylation is 1. The molecular formula is C18H19ClN2O3. The van der Waals surface area contributed by atoms with Crippen molar-refractivity contribution in [1.82, 2.24) is 5.32 Å². The summed E-state index contributed by atoms with van der Waals surface area (Å²) in [7, 11) is 0. The van der Waals surface area contributed by atoms with Crippen molar-refractivity contribution in [3.05, 3.63) is 64.7 Å². The van der Waals surface area contributed by atoms with Gasteiger partial charge in [0.05, 0.1) is 6.10 Å². The molecule has 126 valence electrons. The lowest BCUT2D eigenvalue weighted by molar-refractivity contribution is -0.127. The lowest BCUT2D eigenvalue weighted by Gasteiger charge is -2.13. The van der Waals surface area contributed by atoms with Gasteiger partial charge in [-0.3, -0.25) is 9.59 Å². The van der Waals surface area contributed by atoms with Gasteiger partial charge in [0.2, 0.25) is 11.8 Å². The number of anilines is 1. The maximum Gasteiger partial charge on any atom is 0.233 e. The molecule has 0 aliphatic rings. The van der Waals surface area contributed by atoms with E-state index in [1.54, 1.807) is 36.4 Å². The van der Waals surface area contributed by atoms with Gasteiger partial charge < -0.3 is 15.7 Å². The number of hydrogen-bond donors (Lipinski definition) is 3. The van der Waals surface area contributed by atoms with Crippen molar-refractivity contribution in [1.29, 1.82) is 0 Å². The molecule has 0 spiro atoms. The molecule has 0 aliphatic heterocycles. The van der Waals surface area contributed by atoms with Crippen LogP contribution in [-0.4, -0.2) is 23.5 Å². The van der Waals surface area contributed by atoms with Crippen molar-refractivity contribution >= 4 is 29.1 Å². The van der Waals surface area contributed by atoms with E-state index >= 15 is 0 Å². The molecule has 24 heavy (non-hydrogen) atoms. The minimum atomic E-state index is -0.928. The Morgan fingerprint density at radius 1 is 1.08 bits per heavy atom. The van der Waals surface area contributed by atoms with Crippen molar-refractivity contribution in [3.8, 4) is 0 Å². The Kier molecular flexibility index (Phi) is 6.35. The van der Waals surface area contributed by atoms with Gasteiger partial charge >= 0.3 is 0 Å². The summed E-state index contributed by atoms with van der Waals surface area (Å²) in [4.78, 5) is 23.6. The van der Waals surface area contributed by atoms with Crippen LogP contribution in [0.1, 0.15) is 23.7 Å². The molecule has 2 amide bonds. The van der Waals surface area contributed by atoms with E-state index in [9.17, 15) is 14.7 Å². The van der Waals surface area contributed by atoms with Crippen LogP contribution in [0.5, 0.6) is 0 Å². The second-order valence-corrected chi connectivity index (χ2v) is 5.84. The normalized spacial score (nSPS) is 11.6. The number of carbonyl (C=O) groups excluding carboxylic acids is 2. The quantitative estimate of drug-likeness (QED) is 0.704. The molecule has 3 N–H and O–H groups in total. The van der Waals surface area contributed by atoms with Crippen LogP contribution in [0.15, 0.2) is 48.5 Å². The highest BCUT2D eigenvalue weighted by Crippen LogP contribution is 2.21. The second-order valence-electron chi connectivity index (χ2n) is 5.43. The Morgan fingerprint density at radius 3 is 2.42 bits per heavy atom. The summed E-state index contributed by atoms with van der Waals surface area (Å²) >= 11 is 5.98. The van der Waals surface area contributed by atoms with Crippen LogP contribution in [0.3, 0.4) is 0 Å². The van der Waals surface area contributed by atoms with Gasteiger partial charge in [0, 0.05) is 22.8 Å². The second kappa shape index (κ2) is 8.47. The van der Waals surface area contributed by atoms with Crippen LogP contribution >= 0.6 is 11.6 Å². The van der Waals surface area contributed by atoms with Crippen LogP contribution in [0, 0.1) is 6.92 Å². The van der Waals surface area contributed by atoms with Gasteiger partial charge in [0.15, 0.2) is 0 Å². The minimum absolute atomic E-state index is 0.0135. The molecule has 0 aliphatic carbocycles. The molecule has 0 unspecified atom stereocenters. The number of benzene rings is 2. The molecular weight excluding hydrogens is 328 g/mol. The summed E-state index contributed by atoms with van der Waals surface area (Å²) in [6, 6.07) is 14.1. The zero-order chi connectivity index (χ0) is 17.5. The van der Waals surface area contributed by atoms with Crippen LogP contribution in [0.2, 0.25) is 5.02 Å². The van der Waals surface area contributed by atoms with Gasteiger partial charge in [-0.1, -0.05) is 47.5 Å². The predicted molar refractivity (Wildman–Crippen MR) is 93.8 cm³/mol. The smallest absolute Gasteiger partial charge is 0.233 e. The number of nitrogens with one attached hydrogen (secondary N) is 2. The third-order valence-electron chi connectivity index (χ3n) is 3.41. The zero-order valence-electron chi connectivity index (χ0n) is 13.3. The lowest BCUT2D eigenvalue weighted by atomic mass is 10.1. The van der Waals surface area contributed by atoms with E-state index in [4.69, 9.17) is 11.6 Å². The van der Waals surface area contributed by atoms with Crippen LogP contribution in [0.25, 0.3) is 0 Å². The molecule has 2 aromatic carbocycles. The van der Waals surface area contributed by atoms with Crippen molar-refractivity contribution < 1.29 is 14.7 Å². The summed E-state index contributed by atoms with van der Waals surface area (Å²) in [6.07, 6.45) is -1.24. The van der Waals surface area contributed by atoms with Crippen LogP contribution < -0.4 is 10.6 Å². The summed E-state index contributed by atoms with van der Waals surface area (Å²) in [5, 5.41) is 15.6. The Bertz CT molecular complexity index is 716. The Labute approximate surface area is 145 Å². The molecule has 2 aromatic rings. The topological polar surface area (TPSA) is 78.4 Å². The molecule has 6 heteroatoms. The van der Waals surface area contributed by atoms with E-state index < -0.39 is 17.9 Å². The van der Waals surface area contributed by atoms with Crippen LogP contribution in [0.4, 0.5) is 5.69 Å². The summed E-state index contributed by atoms with van der Waals surface area (Å²) in [6.45, 7) is 1.93. The minimum Gasteiger partial charge on any atom is -0.387 e. The van der Waals surface area contributed by atoms with Gasteiger partial charge in [-0.15, -0.1) is 0 Å². The average molecular weight is 347 g/mol. The first-order valence-electron chi connectivity index (χ1n) is 7.51. The number of amides is 2. The maximum atomic E-state index is 11.8. The number of rotatable bonds is 6. The van der Waals surface area contributed by atoms with Crippen molar-refractivity contribution in [2.45, 2.75) is 19.4 Å². The molecule has 1 atom stereocenters. The maximum absolute atomic E-state index is 11.8. The summed E-state index contributed by atoms with van der Waals surface area (Å²) in [5.74, 6) is -0.880. The predicted octanol–water partition coefficient (Wildman–Crippen LogP) is 2.83. The lowest BCUT2D eigenvalue weighted by Crippen LogP contribution is -2.31. The van der Waals surface area contributed by atoms with E-state index in [1.165, 1.54) is 0 Å². The van der Waals surface area contributed by atoms with Crippen molar-refractivity contribution in [2.75, 3.05) is 11.9 Å². The molecule has 0 fully saturated rings. The van der Waals surface area contributed by atoms with E-state index in [2.05, 4.69) is 10.6 Å². The Hall–Kier alpha value is -2.37. The van der Waals surface area contributed by atoms with Gasteiger partial charge in [0.25, 0.3) is 0 Å². The number of halogens is 1. The third-order valence-corrected chi connectivity index (χ3v) is 3.76. The summed E-state index contributed by atoms with van der Waals surface area (Å²) in [5.41, 5.74) is 2.25. The first-order valence-corrected chi connectivity index (χ1v) is 7.89. The number of hydrogen-bond acceptors (Lipinski definition) is 3. The zero-order valence-corrected chi connectivity index (χ0v) is 14.0. The molecule has 0 bridgehead atoms. The first kappa shape index (κ1) is 18.0. The number of carbonyl (C=O) groups is 2. The fourth-order valence-electron chi connectivity index (χ4n) is 2.12. The number of aliphatic hydroxyl groups excluding tert-OH is 1. The Balaban J connectivity index is 1.79. The van der Waals surface area contributed by atoms with Gasteiger partial charge in [0.1, 0.15) is 6.42 Å². The largest absolute Gasteiger partial charge is 0.387 e. The number of aliphatic hydroxyl groups is 1. The molecule has 2 rings (SSSR count). The van der Waals surface area contributed by atoms with Gasteiger partial charge in [-0.25, -0.2) is 0 Å². The van der Waals surface area contributed by atoms with Gasteiger partial charge in [-0.05, 0) is 25.1 Å². The fraction of sp³-hybridized carbons (Fsp3) is 0.222. The molecule has 0 saturated heterocycles. The highest BCUT2D eigenvalue weighted by molar-refractivity contribution is 6.31. The van der Waals surface area contributed by atoms with Gasteiger partial charge in [-0.2, -0.15) is 0 Å². The van der Waals surface area contributed by atoms with Crippen molar-refractivity contribution in [3.63, 3.8) is 0 Å². The monoisotopic (exact) mass is 346 g/mol.